The van der Waals surface area contributed by atoms with Crippen molar-refractivity contribution in [3.8, 4) is 0 Å². The van der Waals surface area contributed by atoms with Crippen LogP contribution in [0.1, 0.15) is 11.3 Å². The van der Waals surface area contributed by atoms with Crippen LogP contribution in [0, 0.1) is 0 Å². The van der Waals surface area contributed by atoms with Crippen LogP contribution in [0.2, 0.25) is 0 Å². The highest BCUT2D eigenvalue weighted by Gasteiger charge is 2.31. The van der Waals surface area contributed by atoms with E-state index >= 15 is 0 Å². The minimum atomic E-state index is -4.52. The Morgan fingerprint density at radius 3 is 2.45 bits per heavy atom. The molecule has 0 unspecified atom stereocenters. The van der Waals surface area contributed by atoms with Gasteiger partial charge in [-0.3, -0.25) is 4.79 Å². The first kappa shape index (κ1) is 22.4. The molecule has 6 nitrogen and oxygen atoms in total. The van der Waals surface area contributed by atoms with E-state index in [0.29, 0.717) is 16.2 Å². The summed E-state index contributed by atoms with van der Waals surface area (Å²) in [7, 11) is -3.77. The number of carbonyl (C=O) groups excluding carboxylic acids is 1. The molecule has 0 aliphatic rings. The number of hydrogen-bond acceptors (Lipinski definition) is 4. The monoisotopic (exact) mass is 428 g/mol. The molecule has 0 bridgehead atoms. The lowest BCUT2D eigenvalue weighted by atomic mass is 10.2. The van der Waals surface area contributed by atoms with Crippen molar-refractivity contribution in [3.63, 3.8) is 0 Å². The van der Waals surface area contributed by atoms with Crippen molar-refractivity contribution in [1.82, 2.24) is 9.62 Å². The zero-order valence-corrected chi connectivity index (χ0v) is 16.0. The molecule has 2 rings (SSSR count). The number of nitrogens with one attached hydrogen (secondary N) is 1. The second-order valence-electron chi connectivity index (χ2n) is 5.93. The quantitative estimate of drug-likeness (QED) is 0.491. The van der Waals surface area contributed by atoms with Gasteiger partial charge in [0.2, 0.25) is 15.9 Å². The first-order valence-corrected chi connectivity index (χ1v) is 9.86. The molecule has 0 saturated heterocycles. The van der Waals surface area contributed by atoms with Gasteiger partial charge in [-0.1, -0.05) is 18.2 Å². The number of carbonyl (C=O) groups is 1. The zero-order chi connectivity index (χ0) is 21.5. The van der Waals surface area contributed by atoms with Gasteiger partial charge in [0.1, 0.15) is 12.3 Å². The summed E-state index contributed by atoms with van der Waals surface area (Å²) in [6.07, 6.45) is 0.407. The maximum Gasteiger partial charge on any atom is 0.406 e. The fourth-order valence-corrected chi connectivity index (χ4v) is 3.29. The fourth-order valence-electron chi connectivity index (χ4n) is 2.30. The molecule has 0 aliphatic heterocycles. The van der Waals surface area contributed by atoms with E-state index in [1.54, 1.807) is 12.1 Å². The van der Waals surface area contributed by atoms with Crippen LogP contribution in [-0.2, 0) is 21.4 Å². The molecule has 10 heteroatoms. The van der Waals surface area contributed by atoms with Gasteiger partial charge >= 0.3 is 6.18 Å². The molecule has 0 fully saturated rings. The van der Waals surface area contributed by atoms with Crippen molar-refractivity contribution in [2.45, 2.75) is 17.6 Å². The normalized spacial score (nSPS) is 12.2. The van der Waals surface area contributed by atoms with Gasteiger partial charge in [-0.15, -0.1) is 6.58 Å². The van der Waals surface area contributed by atoms with Crippen molar-refractivity contribution >= 4 is 22.0 Å². The molecule has 0 atom stereocenters. The summed E-state index contributed by atoms with van der Waals surface area (Å²) in [5, 5.41) is 0. The molecule has 29 heavy (non-hydrogen) atoms. The molecule has 1 aromatic heterocycles. The number of hydrogen-bond donors (Lipinski definition) is 1. The highest BCUT2D eigenvalue weighted by molar-refractivity contribution is 7.89. The van der Waals surface area contributed by atoms with Crippen LogP contribution in [-0.4, -0.2) is 38.5 Å². The Morgan fingerprint density at radius 2 is 1.90 bits per heavy atom. The van der Waals surface area contributed by atoms with Crippen LogP contribution >= 0.6 is 0 Å². The molecule has 0 aliphatic carbocycles. The minimum absolute atomic E-state index is 0.00196. The third-order valence-electron chi connectivity index (χ3n) is 3.66. The van der Waals surface area contributed by atoms with Gasteiger partial charge in [0.25, 0.3) is 0 Å². The van der Waals surface area contributed by atoms with Crippen molar-refractivity contribution in [2.75, 3.05) is 13.1 Å². The summed E-state index contributed by atoms with van der Waals surface area (Å²) in [6.45, 7) is 1.69. The lowest BCUT2D eigenvalue weighted by Gasteiger charge is -2.20. The van der Waals surface area contributed by atoms with Crippen LogP contribution in [0.5, 0.6) is 0 Å². The van der Waals surface area contributed by atoms with Gasteiger partial charge in [-0.2, -0.15) is 13.2 Å². The SMILES string of the molecule is C=CCN(CC(F)(F)F)C(=O)C=Cc1ccc(S(=O)(=O)NCc2ccco2)cc1. The topological polar surface area (TPSA) is 79.6 Å². The highest BCUT2D eigenvalue weighted by Crippen LogP contribution is 2.17. The van der Waals surface area contributed by atoms with E-state index in [4.69, 9.17) is 4.42 Å². The molecule has 0 radical (unpaired) electrons. The second-order valence-corrected chi connectivity index (χ2v) is 7.70. The highest BCUT2D eigenvalue weighted by atomic mass is 32.2. The summed E-state index contributed by atoms with van der Waals surface area (Å²) in [4.78, 5) is 12.6. The predicted octanol–water partition coefficient (Wildman–Crippen LogP) is 3.35. The van der Waals surface area contributed by atoms with Gasteiger partial charge < -0.3 is 9.32 Å². The molecule has 0 saturated carbocycles. The summed E-state index contributed by atoms with van der Waals surface area (Å²) < 4.78 is 69.6. The van der Waals surface area contributed by atoms with E-state index < -0.39 is 28.7 Å². The lowest BCUT2D eigenvalue weighted by molar-refractivity contribution is -0.157. The predicted molar refractivity (Wildman–Crippen MR) is 101 cm³/mol. The van der Waals surface area contributed by atoms with Crippen LogP contribution < -0.4 is 4.72 Å². The van der Waals surface area contributed by atoms with E-state index in [1.807, 2.05) is 0 Å². The van der Waals surface area contributed by atoms with E-state index in [0.717, 1.165) is 6.08 Å². The number of benzene rings is 1. The summed E-state index contributed by atoms with van der Waals surface area (Å²) in [5.74, 6) is -0.381. The Hall–Kier alpha value is -2.85. The summed E-state index contributed by atoms with van der Waals surface area (Å²) >= 11 is 0. The number of amides is 1. The molecule has 1 N–H and O–H groups in total. The van der Waals surface area contributed by atoms with Gasteiger partial charge in [0.15, 0.2) is 0 Å². The van der Waals surface area contributed by atoms with E-state index in [1.165, 1.54) is 42.7 Å². The van der Waals surface area contributed by atoms with Crippen LogP contribution in [0.25, 0.3) is 6.08 Å². The number of halogens is 3. The van der Waals surface area contributed by atoms with Gasteiger partial charge in [0.05, 0.1) is 17.7 Å². The number of rotatable bonds is 9. The molecule has 156 valence electrons. The first-order valence-electron chi connectivity index (χ1n) is 8.37. The van der Waals surface area contributed by atoms with E-state index in [9.17, 15) is 26.4 Å². The number of furan rings is 1. The maximum absolute atomic E-state index is 12.5. The van der Waals surface area contributed by atoms with Gasteiger partial charge in [0, 0.05) is 12.6 Å². The van der Waals surface area contributed by atoms with Crippen molar-refractivity contribution in [2.24, 2.45) is 0 Å². The fraction of sp³-hybridized carbons (Fsp3) is 0.211. The van der Waals surface area contributed by atoms with E-state index in [-0.39, 0.29) is 18.0 Å². The van der Waals surface area contributed by atoms with Crippen molar-refractivity contribution in [3.05, 3.63) is 72.7 Å². The molecule has 1 amide bonds. The molecule has 1 aromatic carbocycles. The smallest absolute Gasteiger partial charge is 0.406 e. The third kappa shape index (κ3) is 7.24. The Kier molecular flexibility index (Phi) is 7.40. The second kappa shape index (κ2) is 9.57. The Bertz CT molecular complexity index is 950. The molecule has 0 spiro atoms. The van der Waals surface area contributed by atoms with Gasteiger partial charge in [-0.25, -0.2) is 13.1 Å². The summed E-state index contributed by atoms with van der Waals surface area (Å²) in [5.41, 5.74) is 0.453. The van der Waals surface area contributed by atoms with Crippen molar-refractivity contribution < 1.29 is 30.8 Å². The average Bonchev–Trinajstić information content (AvgIpc) is 3.17. The van der Waals surface area contributed by atoms with Crippen LogP contribution in [0.4, 0.5) is 13.2 Å². The van der Waals surface area contributed by atoms with Crippen LogP contribution in [0.15, 0.2) is 70.7 Å². The Balaban J connectivity index is 2.03. The van der Waals surface area contributed by atoms with E-state index in [2.05, 4.69) is 11.3 Å². The molecule has 1 heterocycles. The standard InChI is InChI=1S/C19H19F3N2O4S/c1-2-11-24(14-19(20,21)22)18(25)10-7-15-5-8-17(9-6-15)29(26,27)23-13-16-4-3-12-28-16/h2-10,12,23H,1,11,13-14H2. The van der Waals surface area contributed by atoms with Crippen LogP contribution in [0.3, 0.4) is 0 Å². The molecular formula is C19H19F3N2O4S. The Labute approximate surface area is 166 Å². The Morgan fingerprint density at radius 1 is 1.21 bits per heavy atom. The number of alkyl halides is 3. The first-order chi connectivity index (χ1) is 13.6. The minimum Gasteiger partial charge on any atom is -0.468 e. The third-order valence-corrected chi connectivity index (χ3v) is 5.07. The lowest BCUT2D eigenvalue weighted by Crippen LogP contribution is -2.38. The molecule has 2 aromatic rings. The summed E-state index contributed by atoms with van der Waals surface area (Å²) in [6, 6.07) is 8.79. The largest absolute Gasteiger partial charge is 0.468 e. The average molecular weight is 428 g/mol. The number of sulfonamides is 1. The van der Waals surface area contributed by atoms with Crippen molar-refractivity contribution in [1.29, 1.82) is 0 Å². The molecular weight excluding hydrogens is 409 g/mol. The number of nitrogens with zero attached hydrogens (tertiary/aromatic N) is 1. The zero-order valence-electron chi connectivity index (χ0n) is 15.2. The van der Waals surface area contributed by atoms with Gasteiger partial charge in [-0.05, 0) is 35.9 Å². The maximum atomic E-state index is 12.5.